The normalized spacial score (nSPS) is 16.7. The average Bonchev–Trinajstić information content (AvgIpc) is 3.12. The SMILES string of the molecule is CC(Sc1nnc(C2COc3ccccc3O2)n1C)C(=O)c1ccc(C(C)(C)C)cc1. The van der Waals surface area contributed by atoms with Crippen LogP contribution in [0.15, 0.2) is 53.7 Å². The van der Waals surface area contributed by atoms with Crippen molar-refractivity contribution in [1.29, 1.82) is 0 Å². The number of carbonyl (C=O) groups excluding carboxylic acids is 1. The van der Waals surface area contributed by atoms with Gasteiger partial charge in [0, 0.05) is 12.6 Å². The van der Waals surface area contributed by atoms with Gasteiger partial charge in [0.15, 0.2) is 34.4 Å². The van der Waals surface area contributed by atoms with E-state index in [4.69, 9.17) is 9.47 Å². The highest BCUT2D eigenvalue weighted by molar-refractivity contribution is 8.00. The molecule has 1 aromatic heterocycles. The molecule has 2 aromatic carbocycles. The topological polar surface area (TPSA) is 66.2 Å². The molecule has 0 fully saturated rings. The summed E-state index contributed by atoms with van der Waals surface area (Å²) in [5, 5.41) is 8.99. The van der Waals surface area contributed by atoms with Crippen molar-refractivity contribution < 1.29 is 14.3 Å². The van der Waals surface area contributed by atoms with Crippen molar-refractivity contribution in [1.82, 2.24) is 14.8 Å². The number of thioether (sulfide) groups is 1. The van der Waals surface area contributed by atoms with Crippen LogP contribution < -0.4 is 9.47 Å². The Hall–Kier alpha value is -2.80. The summed E-state index contributed by atoms with van der Waals surface area (Å²) in [7, 11) is 1.89. The Morgan fingerprint density at radius 1 is 1.10 bits per heavy atom. The van der Waals surface area contributed by atoms with E-state index >= 15 is 0 Å². The van der Waals surface area contributed by atoms with Gasteiger partial charge in [-0.2, -0.15) is 0 Å². The predicted molar refractivity (Wildman–Crippen MR) is 121 cm³/mol. The third-order valence-electron chi connectivity index (χ3n) is 5.35. The summed E-state index contributed by atoms with van der Waals surface area (Å²) in [5.41, 5.74) is 1.97. The fourth-order valence-electron chi connectivity index (χ4n) is 3.44. The highest BCUT2D eigenvalue weighted by Crippen LogP contribution is 2.36. The first-order valence-electron chi connectivity index (χ1n) is 10.3. The summed E-state index contributed by atoms with van der Waals surface area (Å²) in [6, 6.07) is 15.5. The van der Waals surface area contributed by atoms with Gasteiger partial charge in [0.1, 0.15) is 6.61 Å². The average molecular weight is 438 g/mol. The molecule has 0 bridgehead atoms. The maximum Gasteiger partial charge on any atom is 0.192 e. The van der Waals surface area contributed by atoms with Crippen molar-refractivity contribution in [2.45, 2.75) is 49.6 Å². The molecule has 2 atom stereocenters. The van der Waals surface area contributed by atoms with Crippen molar-refractivity contribution in [3.8, 4) is 11.5 Å². The molecule has 3 aromatic rings. The number of aromatic nitrogens is 3. The molecule has 1 aliphatic heterocycles. The van der Waals surface area contributed by atoms with Crippen LogP contribution in [0.5, 0.6) is 11.5 Å². The molecule has 0 spiro atoms. The molecule has 0 radical (unpaired) electrons. The van der Waals surface area contributed by atoms with E-state index in [-0.39, 0.29) is 22.6 Å². The number of nitrogens with zero attached hydrogens (tertiary/aromatic N) is 3. The zero-order valence-electron chi connectivity index (χ0n) is 18.5. The number of carbonyl (C=O) groups is 1. The predicted octanol–water partition coefficient (Wildman–Crippen LogP) is 4.99. The molecular formula is C24H27N3O3S. The van der Waals surface area contributed by atoms with E-state index in [1.165, 1.54) is 17.3 Å². The summed E-state index contributed by atoms with van der Waals surface area (Å²) in [6.07, 6.45) is -0.349. The summed E-state index contributed by atoms with van der Waals surface area (Å²) < 4.78 is 13.7. The van der Waals surface area contributed by atoms with Crippen molar-refractivity contribution in [2.24, 2.45) is 7.05 Å². The van der Waals surface area contributed by atoms with E-state index in [2.05, 4.69) is 31.0 Å². The molecule has 6 nitrogen and oxygen atoms in total. The first-order chi connectivity index (χ1) is 14.7. The van der Waals surface area contributed by atoms with Crippen LogP contribution in [0, 0.1) is 0 Å². The zero-order chi connectivity index (χ0) is 22.2. The molecule has 4 rings (SSSR count). The van der Waals surface area contributed by atoms with Crippen LogP contribution in [0.3, 0.4) is 0 Å². The van der Waals surface area contributed by atoms with Crippen LogP contribution in [0.25, 0.3) is 0 Å². The molecule has 1 aliphatic rings. The number of ketones is 1. The summed E-state index contributed by atoms with van der Waals surface area (Å²) >= 11 is 1.40. The van der Waals surface area contributed by atoms with Crippen molar-refractivity contribution in [3.05, 3.63) is 65.5 Å². The number of Topliss-reactive ketones (excluding diaryl/α,β-unsaturated/α-hetero) is 1. The smallest absolute Gasteiger partial charge is 0.192 e. The molecule has 162 valence electrons. The standard InChI is InChI=1S/C24H27N3O3S/c1-15(21(28)16-10-12-17(13-11-16)24(2,3)4)31-23-26-25-22(27(23)5)20-14-29-18-8-6-7-9-19(18)30-20/h6-13,15,20H,14H2,1-5H3. The molecule has 0 saturated heterocycles. The number of rotatable bonds is 5. The number of hydrogen-bond donors (Lipinski definition) is 0. The van der Waals surface area contributed by atoms with E-state index < -0.39 is 0 Å². The van der Waals surface area contributed by atoms with Gasteiger partial charge in [0.05, 0.1) is 5.25 Å². The third-order valence-corrected chi connectivity index (χ3v) is 6.49. The maximum absolute atomic E-state index is 12.9. The van der Waals surface area contributed by atoms with E-state index in [1.54, 1.807) is 0 Å². The van der Waals surface area contributed by atoms with Crippen LogP contribution in [0.1, 0.15) is 55.5 Å². The largest absolute Gasteiger partial charge is 0.485 e. The molecule has 7 heteroatoms. The van der Waals surface area contributed by atoms with Gasteiger partial charge in [0.25, 0.3) is 0 Å². The number of benzene rings is 2. The third kappa shape index (κ3) is 4.46. The molecule has 0 N–H and O–H groups in total. The van der Waals surface area contributed by atoms with Gasteiger partial charge in [-0.25, -0.2) is 0 Å². The van der Waals surface area contributed by atoms with Crippen molar-refractivity contribution in [3.63, 3.8) is 0 Å². The van der Waals surface area contributed by atoms with Gasteiger partial charge in [-0.3, -0.25) is 4.79 Å². The van der Waals surface area contributed by atoms with Gasteiger partial charge in [-0.1, -0.05) is 68.9 Å². The fourth-order valence-corrected chi connectivity index (χ4v) is 4.34. The lowest BCUT2D eigenvalue weighted by atomic mass is 9.86. The number of hydrogen-bond acceptors (Lipinski definition) is 6. The van der Waals surface area contributed by atoms with Crippen LogP contribution >= 0.6 is 11.8 Å². The van der Waals surface area contributed by atoms with Gasteiger partial charge in [-0.05, 0) is 30.0 Å². The van der Waals surface area contributed by atoms with Gasteiger partial charge in [0.2, 0.25) is 0 Å². The lowest BCUT2D eigenvalue weighted by Crippen LogP contribution is -2.24. The number of para-hydroxylation sites is 2. The van der Waals surface area contributed by atoms with E-state index in [9.17, 15) is 4.79 Å². The monoisotopic (exact) mass is 437 g/mol. The second kappa shape index (κ2) is 8.38. The lowest BCUT2D eigenvalue weighted by molar-refractivity contribution is 0.0825. The second-order valence-electron chi connectivity index (χ2n) is 8.72. The number of ether oxygens (including phenoxy) is 2. The molecule has 0 aliphatic carbocycles. The van der Waals surface area contributed by atoms with Gasteiger partial charge in [-0.15, -0.1) is 10.2 Å². The van der Waals surface area contributed by atoms with Crippen LogP contribution in [0.2, 0.25) is 0 Å². The first kappa shape index (κ1) is 21.4. The van der Waals surface area contributed by atoms with Crippen molar-refractivity contribution >= 4 is 17.5 Å². The highest BCUT2D eigenvalue weighted by Gasteiger charge is 2.28. The minimum Gasteiger partial charge on any atom is -0.485 e. The highest BCUT2D eigenvalue weighted by atomic mass is 32.2. The zero-order valence-corrected chi connectivity index (χ0v) is 19.3. The summed E-state index contributed by atoms with van der Waals surface area (Å²) in [6.45, 7) is 8.74. The summed E-state index contributed by atoms with van der Waals surface area (Å²) in [4.78, 5) is 12.9. The van der Waals surface area contributed by atoms with Gasteiger partial charge < -0.3 is 14.0 Å². The lowest BCUT2D eigenvalue weighted by Gasteiger charge is -2.25. The Labute approximate surface area is 187 Å². The fraction of sp³-hybridized carbons (Fsp3) is 0.375. The molecule has 2 unspecified atom stereocenters. The Bertz CT molecular complexity index is 1090. The molecule has 0 amide bonds. The minimum absolute atomic E-state index is 0.0579. The van der Waals surface area contributed by atoms with E-state index in [0.717, 1.165) is 5.75 Å². The Morgan fingerprint density at radius 2 is 1.77 bits per heavy atom. The van der Waals surface area contributed by atoms with Gasteiger partial charge >= 0.3 is 0 Å². The number of fused-ring (bicyclic) bond motifs is 1. The maximum atomic E-state index is 12.9. The van der Waals surface area contributed by atoms with Crippen LogP contribution in [0.4, 0.5) is 0 Å². The Kier molecular flexibility index (Phi) is 5.79. The Balaban J connectivity index is 1.45. The van der Waals surface area contributed by atoms with Crippen LogP contribution in [-0.2, 0) is 12.5 Å². The Morgan fingerprint density at radius 3 is 2.45 bits per heavy atom. The molecule has 31 heavy (non-hydrogen) atoms. The minimum atomic E-state index is -0.349. The summed E-state index contributed by atoms with van der Waals surface area (Å²) in [5.74, 6) is 2.16. The van der Waals surface area contributed by atoms with Crippen molar-refractivity contribution in [2.75, 3.05) is 6.61 Å². The molecular weight excluding hydrogens is 410 g/mol. The molecule has 2 heterocycles. The first-order valence-corrected chi connectivity index (χ1v) is 11.2. The van der Waals surface area contributed by atoms with E-state index in [0.29, 0.717) is 28.9 Å². The molecule has 0 saturated carbocycles. The second-order valence-corrected chi connectivity index (χ2v) is 10.0. The van der Waals surface area contributed by atoms with Crippen LogP contribution in [-0.4, -0.2) is 32.4 Å². The van der Waals surface area contributed by atoms with E-state index in [1.807, 2.05) is 67.1 Å². The quantitative estimate of drug-likeness (QED) is 0.414.